The molecule has 0 aromatic heterocycles. The van der Waals surface area contributed by atoms with Gasteiger partial charge in [-0.25, -0.2) is 0 Å². The molecule has 3 rings (SSSR count). The van der Waals surface area contributed by atoms with E-state index in [0.29, 0.717) is 0 Å². The van der Waals surface area contributed by atoms with E-state index in [-0.39, 0.29) is 0 Å². The van der Waals surface area contributed by atoms with E-state index in [1.165, 1.54) is 14.2 Å². The van der Waals surface area contributed by atoms with E-state index in [9.17, 15) is 10.0 Å². The normalized spacial score (nSPS) is 15.6. The fourth-order valence-electron chi connectivity index (χ4n) is 3.68. The largest absolute Gasteiger partial charge is 0.491 e. The van der Waals surface area contributed by atoms with Crippen LogP contribution in [0, 0.1) is 0 Å². The van der Waals surface area contributed by atoms with Crippen molar-refractivity contribution in [2.75, 3.05) is 40.4 Å². The molecule has 28 heavy (non-hydrogen) atoms. The van der Waals surface area contributed by atoms with Gasteiger partial charge in [0.15, 0.2) is 0 Å². The average molecular weight is 382 g/mol. The molecule has 0 unspecified atom stereocenters. The van der Waals surface area contributed by atoms with E-state index >= 15 is 0 Å². The molecule has 1 aliphatic rings. The van der Waals surface area contributed by atoms with E-state index in [4.69, 9.17) is 9.31 Å². The first kappa shape index (κ1) is 21.0. The number of piperazine rings is 1. The van der Waals surface area contributed by atoms with Crippen molar-refractivity contribution in [3.05, 3.63) is 59.7 Å². The van der Waals surface area contributed by atoms with Crippen molar-refractivity contribution in [3.63, 3.8) is 0 Å². The number of benzene rings is 2. The Kier molecular flexibility index (Phi) is 7.67. The second kappa shape index (κ2) is 10.2. The van der Waals surface area contributed by atoms with Crippen LogP contribution in [0.2, 0.25) is 0 Å². The molecule has 1 aliphatic heterocycles. The molecule has 6 nitrogen and oxygen atoms in total. The Morgan fingerprint density at radius 1 is 0.714 bits per heavy atom. The van der Waals surface area contributed by atoms with Gasteiger partial charge in [-0.15, -0.1) is 0 Å². The first-order chi connectivity index (χ1) is 13.6. The van der Waals surface area contributed by atoms with Crippen molar-refractivity contribution < 1.29 is 19.4 Å². The Bertz CT molecular complexity index is 693. The van der Waals surface area contributed by atoms with E-state index in [0.717, 1.165) is 61.3 Å². The maximum atomic E-state index is 10.1. The lowest BCUT2D eigenvalue weighted by atomic mass is 9.76. The quantitative estimate of drug-likeness (QED) is 0.610. The van der Waals surface area contributed by atoms with Crippen molar-refractivity contribution in [3.8, 4) is 0 Å². The topological polar surface area (TPSA) is 65.4 Å². The Labute approximate surface area is 168 Å². The second-order valence-corrected chi connectivity index (χ2v) is 7.13. The highest BCUT2D eigenvalue weighted by Gasteiger charge is 2.24. The maximum Gasteiger partial charge on any atom is 0.491 e. The third-order valence-electron chi connectivity index (χ3n) is 5.34. The summed E-state index contributed by atoms with van der Waals surface area (Å²) in [5.74, 6) is 0. The van der Waals surface area contributed by atoms with Gasteiger partial charge in [0.05, 0.1) is 0 Å². The average Bonchev–Trinajstić information content (AvgIpc) is 2.75. The minimum atomic E-state index is -0.888. The zero-order valence-corrected chi connectivity index (χ0v) is 16.6. The van der Waals surface area contributed by atoms with Gasteiger partial charge < -0.3 is 19.4 Å². The summed E-state index contributed by atoms with van der Waals surface area (Å²) in [5.41, 5.74) is 3.85. The van der Waals surface area contributed by atoms with Gasteiger partial charge in [0.2, 0.25) is 0 Å². The second-order valence-electron chi connectivity index (χ2n) is 7.13. The summed E-state index contributed by atoms with van der Waals surface area (Å²) in [6.07, 6.45) is 0. The smallest absolute Gasteiger partial charge is 0.423 e. The van der Waals surface area contributed by atoms with Gasteiger partial charge in [-0.05, 0) is 22.1 Å². The summed E-state index contributed by atoms with van der Waals surface area (Å²) in [6.45, 7) is 5.39. The summed E-state index contributed by atoms with van der Waals surface area (Å²) >= 11 is 0. The molecule has 0 amide bonds. The molecule has 0 bridgehead atoms. The zero-order chi connectivity index (χ0) is 19.9. The number of nitrogens with zero attached hydrogens (tertiary/aromatic N) is 2. The fourth-order valence-corrected chi connectivity index (χ4v) is 3.68. The standard InChI is InChI=1S/C20H28B2N2O4/c1-27-21(25)19-9-5-3-7-17(19)15-23-11-13-24(14-12-23)16-18-8-4-6-10-20(18)22(26)28-2/h3-10,25-26H,11-16H2,1-2H3. The lowest BCUT2D eigenvalue weighted by molar-refractivity contribution is 0.122. The molecule has 0 saturated carbocycles. The fraction of sp³-hybridized carbons (Fsp3) is 0.400. The Morgan fingerprint density at radius 3 is 1.43 bits per heavy atom. The SMILES string of the molecule is COB(O)c1ccccc1CN1CCN(Cc2ccccc2B(O)OC)CC1. The van der Waals surface area contributed by atoms with Crippen LogP contribution in [0.5, 0.6) is 0 Å². The highest BCUT2D eigenvalue weighted by Crippen LogP contribution is 2.11. The molecular weight excluding hydrogens is 354 g/mol. The van der Waals surface area contributed by atoms with Crippen molar-refractivity contribution in [2.24, 2.45) is 0 Å². The van der Waals surface area contributed by atoms with Gasteiger partial charge in [-0.2, -0.15) is 0 Å². The predicted molar refractivity (Wildman–Crippen MR) is 113 cm³/mol. The third-order valence-corrected chi connectivity index (χ3v) is 5.34. The Morgan fingerprint density at radius 2 is 1.07 bits per heavy atom. The Hall–Kier alpha value is -1.67. The lowest BCUT2D eigenvalue weighted by Crippen LogP contribution is -2.47. The minimum Gasteiger partial charge on any atom is -0.423 e. The van der Waals surface area contributed by atoms with Crippen molar-refractivity contribution >= 4 is 25.2 Å². The summed E-state index contributed by atoms with van der Waals surface area (Å²) in [6, 6.07) is 15.8. The molecule has 2 N–H and O–H groups in total. The highest BCUT2D eigenvalue weighted by molar-refractivity contribution is 6.60. The Balaban J connectivity index is 1.58. The molecule has 2 aromatic rings. The molecule has 1 saturated heterocycles. The van der Waals surface area contributed by atoms with Crippen molar-refractivity contribution in [1.82, 2.24) is 9.80 Å². The van der Waals surface area contributed by atoms with E-state index in [1.807, 2.05) is 48.5 Å². The molecule has 8 heteroatoms. The number of hydrogen-bond donors (Lipinski definition) is 2. The van der Waals surface area contributed by atoms with Gasteiger partial charge in [-0.3, -0.25) is 9.80 Å². The maximum absolute atomic E-state index is 10.1. The van der Waals surface area contributed by atoms with E-state index in [2.05, 4.69) is 9.80 Å². The van der Waals surface area contributed by atoms with Crippen LogP contribution in [0.4, 0.5) is 0 Å². The van der Waals surface area contributed by atoms with E-state index in [1.54, 1.807) is 0 Å². The zero-order valence-electron chi connectivity index (χ0n) is 16.6. The van der Waals surface area contributed by atoms with Crippen LogP contribution in [-0.4, -0.2) is 74.5 Å². The molecular formula is C20H28B2N2O4. The molecule has 2 aromatic carbocycles. The molecule has 0 radical (unpaired) electrons. The van der Waals surface area contributed by atoms with E-state index < -0.39 is 14.2 Å². The number of rotatable bonds is 8. The van der Waals surface area contributed by atoms with Gasteiger partial charge in [0, 0.05) is 53.5 Å². The summed E-state index contributed by atoms with van der Waals surface area (Å²) in [7, 11) is 1.25. The highest BCUT2D eigenvalue weighted by atomic mass is 16.5. The van der Waals surface area contributed by atoms with Crippen LogP contribution < -0.4 is 10.9 Å². The first-order valence-corrected chi connectivity index (χ1v) is 9.64. The summed E-state index contributed by atoms with van der Waals surface area (Å²) < 4.78 is 10.2. The third kappa shape index (κ3) is 5.23. The molecule has 148 valence electrons. The molecule has 0 aliphatic carbocycles. The predicted octanol–water partition coefficient (Wildman–Crippen LogP) is -0.328. The van der Waals surface area contributed by atoms with Crippen LogP contribution in [0.3, 0.4) is 0 Å². The monoisotopic (exact) mass is 382 g/mol. The molecule has 0 spiro atoms. The van der Waals surface area contributed by atoms with Crippen LogP contribution in [0.25, 0.3) is 0 Å². The molecule has 1 heterocycles. The van der Waals surface area contributed by atoms with Crippen molar-refractivity contribution in [2.45, 2.75) is 13.1 Å². The minimum absolute atomic E-state index is 0.795. The van der Waals surface area contributed by atoms with Gasteiger partial charge in [-0.1, -0.05) is 48.5 Å². The first-order valence-electron chi connectivity index (χ1n) is 9.64. The number of hydrogen-bond acceptors (Lipinski definition) is 6. The van der Waals surface area contributed by atoms with Crippen LogP contribution in [-0.2, 0) is 22.4 Å². The lowest BCUT2D eigenvalue weighted by Gasteiger charge is -2.35. The van der Waals surface area contributed by atoms with Crippen LogP contribution in [0.1, 0.15) is 11.1 Å². The van der Waals surface area contributed by atoms with Gasteiger partial charge >= 0.3 is 14.2 Å². The van der Waals surface area contributed by atoms with Crippen LogP contribution >= 0.6 is 0 Å². The van der Waals surface area contributed by atoms with Gasteiger partial charge in [0.1, 0.15) is 0 Å². The summed E-state index contributed by atoms with van der Waals surface area (Å²) in [4.78, 5) is 4.79. The molecule has 0 atom stereocenters. The summed E-state index contributed by atoms with van der Waals surface area (Å²) in [5, 5.41) is 20.1. The van der Waals surface area contributed by atoms with Gasteiger partial charge in [0.25, 0.3) is 0 Å². The van der Waals surface area contributed by atoms with Crippen LogP contribution in [0.15, 0.2) is 48.5 Å². The molecule has 1 fully saturated rings. The van der Waals surface area contributed by atoms with Crippen molar-refractivity contribution in [1.29, 1.82) is 0 Å².